The minimum atomic E-state index is -3.70. The van der Waals surface area contributed by atoms with Gasteiger partial charge in [0.1, 0.15) is 5.25 Å². The molecule has 0 aliphatic carbocycles. The molecule has 1 unspecified atom stereocenters. The van der Waals surface area contributed by atoms with Crippen LogP contribution in [0.2, 0.25) is 0 Å². The summed E-state index contributed by atoms with van der Waals surface area (Å²) in [5.41, 5.74) is 6.64. The van der Waals surface area contributed by atoms with Gasteiger partial charge in [-0.3, -0.25) is 4.79 Å². The van der Waals surface area contributed by atoms with Crippen LogP contribution in [0.15, 0.2) is 23.1 Å². The van der Waals surface area contributed by atoms with Crippen molar-refractivity contribution in [2.75, 3.05) is 5.73 Å². The van der Waals surface area contributed by atoms with Crippen LogP contribution in [0, 0.1) is 6.92 Å². The van der Waals surface area contributed by atoms with Gasteiger partial charge in [-0.1, -0.05) is 0 Å². The highest BCUT2D eigenvalue weighted by Crippen LogP contribution is 2.22. The molecule has 1 aromatic rings. The Kier molecular flexibility index (Phi) is 4.57. The fraction of sp³-hybridized carbons (Fsp3) is 0.462. The largest absolute Gasteiger partial charge is 0.399 e. The van der Waals surface area contributed by atoms with Gasteiger partial charge in [0.2, 0.25) is 5.91 Å². The molecule has 0 aliphatic heterocycles. The molecule has 1 amide bonds. The predicted molar refractivity (Wildman–Crippen MR) is 75.5 cm³/mol. The SMILES string of the molecule is Cc1cc(N)ccc1S(=O)(=O)C(C)C(=O)NC(C)C. The maximum absolute atomic E-state index is 12.4. The van der Waals surface area contributed by atoms with Gasteiger partial charge in [0.05, 0.1) is 4.90 Å². The lowest BCUT2D eigenvalue weighted by molar-refractivity contribution is -0.120. The van der Waals surface area contributed by atoms with E-state index in [0.29, 0.717) is 11.3 Å². The Balaban J connectivity index is 3.13. The summed E-state index contributed by atoms with van der Waals surface area (Å²) in [6.45, 7) is 6.62. The van der Waals surface area contributed by atoms with Crippen molar-refractivity contribution in [2.24, 2.45) is 0 Å². The highest BCUT2D eigenvalue weighted by Gasteiger charge is 2.31. The van der Waals surface area contributed by atoms with E-state index in [-0.39, 0.29) is 10.9 Å². The van der Waals surface area contributed by atoms with Crippen molar-refractivity contribution in [3.63, 3.8) is 0 Å². The van der Waals surface area contributed by atoms with Gasteiger partial charge in [-0.05, 0) is 51.5 Å². The van der Waals surface area contributed by atoms with Crippen molar-refractivity contribution in [3.05, 3.63) is 23.8 Å². The van der Waals surface area contributed by atoms with Crippen molar-refractivity contribution in [2.45, 2.75) is 43.9 Å². The number of hydrogen-bond acceptors (Lipinski definition) is 4. The Morgan fingerprint density at radius 2 is 1.84 bits per heavy atom. The van der Waals surface area contributed by atoms with E-state index in [9.17, 15) is 13.2 Å². The van der Waals surface area contributed by atoms with Crippen molar-refractivity contribution in [1.29, 1.82) is 0 Å². The Labute approximate surface area is 114 Å². The molecule has 0 radical (unpaired) electrons. The van der Waals surface area contributed by atoms with Crippen LogP contribution in [0.25, 0.3) is 0 Å². The third-order valence-electron chi connectivity index (χ3n) is 2.77. The molecule has 0 heterocycles. The number of hydrogen-bond donors (Lipinski definition) is 2. The smallest absolute Gasteiger partial charge is 0.238 e. The van der Waals surface area contributed by atoms with E-state index in [2.05, 4.69) is 5.32 Å². The van der Waals surface area contributed by atoms with E-state index in [1.165, 1.54) is 19.1 Å². The maximum Gasteiger partial charge on any atom is 0.238 e. The van der Waals surface area contributed by atoms with Gasteiger partial charge in [0, 0.05) is 11.7 Å². The van der Waals surface area contributed by atoms with E-state index in [4.69, 9.17) is 5.73 Å². The van der Waals surface area contributed by atoms with Crippen molar-refractivity contribution in [3.8, 4) is 0 Å². The third-order valence-corrected chi connectivity index (χ3v) is 4.99. The van der Waals surface area contributed by atoms with Crippen LogP contribution in [-0.4, -0.2) is 25.6 Å². The molecule has 0 aromatic heterocycles. The first-order valence-corrected chi connectivity index (χ1v) is 7.61. The summed E-state index contributed by atoms with van der Waals surface area (Å²) in [6.07, 6.45) is 0. The summed E-state index contributed by atoms with van der Waals surface area (Å²) in [5.74, 6) is -0.494. The molecule has 1 rings (SSSR count). The lowest BCUT2D eigenvalue weighted by Crippen LogP contribution is -2.41. The molecule has 1 atom stereocenters. The Morgan fingerprint density at radius 3 is 2.32 bits per heavy atom. The number of aryl methyl sites for hydroxylation is 1. The molecule has 0 fully saturated rings. The number of amides is 1. The number of nitrogens with one attached hydrogen (secondary N) is 1. The second kappa shape index (κ2) is 5.61. The second-order valence-electron chi connectivity index (χ2n) is 4.88. The van der Waals surface area contributed by atoms with Crippen LogP contribution >= 0.6 is 0 Å². The number of nitrogen functional groups attached to an aromatic ring is 1. The molecule has 106 valence electrons. The second-order valence-corrected chi connectivity index (χ2v) is 7.11. The van der Waals surface area contributed by atoms with Crippen LogP contribution in [0.5, 0.6) is 0 Å². The summed E-state index contributed by atoms with van der Waals surface area (Å²) in [7, 11) is -3.70. The van der Waals surface area contributed by atoms with Crippen molar-refractivity contribution < 1.29 is 13.2 Å². The summed E-state index contributed by atoms with van der Waals surface area (Å²) in [4.78, 5) is 12.0. The number of nitrogens with two attached hydrogens (primary N) is 1. The van der Waals surface area contributed by atoms with Gasteiger partial charge in [-0.15, -0.1) is 0 Å². The van der Waals surface area contributed by atoms with Gasteiger partial charge >= 0.3 is 0 Å². The predicted octanol–water partition coefficient (Wildman–Crippen LogP) is 1.26. The molecule has 5 nitrogen and oxygen atoms in total. The zero-order valence-electron chi connectivity index (χ0n) is 11.6. The minimum Gasteiger partial charge on any atom is -0.399 e. The van der Waals surface area contributed by atoms with E-state index in [1.54, 1.807) is 26.8 Å². The number of anilines is 1. The lowest BCUT2D eigenvalue weighted by atomic mass is 10.2. The summed E-state index contributed by atoms with van der Waals surface area (Å²) < 4.78 is 24.8. The molecule has 0 saturated carbocycles. The molecule has 6 heteroatoms. The third kappa shape index (κ3) is 3.47. The summed E-state index contributed by atoms with van der Waals surface area (Å²) in [5, 5.41) is 1.48. The molecule has 0 aliphatic rings. The molecule has 19 heavy (non-hydrogen) atoms. The van der Waals surface area contributed by atoms with Crippen molar-refractivity contribution >= 4 is 21.4 Å². The number of sulfone groups is 1. The monoisotopic (exact) mass is 284 g/mol. The number of benzene rings is 1. The standard InChI is InChI=1S/C13H20N2O3S/c1-8(2)15-13(16)10(4)19(17,18)12-6-5-11(14)7-9(12)3/h5-8,10H,14H2,1-4H3,(H,15,16). The molecule has 3 N–H and O–H groups in total. The minimum absolute atomic E-state index is 0.0994. The Bertz CT molecular complexity index is 580. The van der Waals surface area contributed by atoms with E-state index >= 15 is 0 Å². The first kappa shape index (κ1) is 15.5. The summed E-state index contributed by atoms with van der Waals surface area (Å²) in [6, 6.07) is 4.45. The molecule has 0 bridgehead atoms. The van der Waals surface area contributed by atoms with Crippen LogP contribution in [0.1, 0.15) is 26.3 Å². The topological polar surface area (TPSA) is 89.3 Å². The van der Waals surface area contributed by atoms with Gasteiger partial charge < -0.3 is 11.1 Å². The van der Waals surface area contributed by atoms with Crippen LogP contribution < -0.4 is 11.1 Å². The zero-order chi connectivity index (χ0) is 14.8. The van der Waals surface area contributed by atoms with Gasteiger partial charge in [-0.25, -0.2) is 8.42 Å². The Morgan fingerprint density at radius 1 is 1.26 bits per heavy atom. The van der Waals surface area contributed by atoms with E-state index in [0.717, 1.165) is 0 Å². The van der Waals surface area contributed by atoms with Crippen LogP contribution in [0.4, 0.5) is 5.69 Å². The molecular weight excluding hydrogens is 264 g/mol. The highest BCUT2D eigenvalue weighted by atomic mass is 32.2. The number of carbonyl (C=O) groups is 1. The number of carbonyl (C=O) groups excluding carboxylic acids is 1. The fourth-order valence-electron chi connectivity index (χ4n) is 1.73. The Hall–Kier alpha value is -1.56. The van der Waals surface area contributed by atoms with Crippen molar-refractivity contribution in [1.82, 2.24) is 5.32 Å². The average molecular weight is 284 g/mol. The molecule has 1 aromatic carbocycles. The van der Waals surface area contributed by atoms with E-state index in [1.807, 2.05) is 0 Å². The summed E-state index contributed by atoms with van der Waals surface area (Å²) >= 11 is 0. The normalized spacial score (nSPS) is 13.3. The van der Waals surface area contributed by atoms with Gasteiger partial charge in [-0.2, -0.15) is 0 Å². The quantitative estimate of drug-likeness (QED) is 0.815. The number of rotatable bonds is 4. The van der Waals surface area contributed by atoms with Gasteiger partial charge in [0.25, 0.3) is 0 Å². The van der Waals surface area contributed by atoms with Crippen LogP contribution in [-0.2, 0) is 14.6 Å². The van der Waals surface area contributed by atoms with Crippen LogP contribution in [0.3, 0.4) is 0 Å². The average Bonchev–Trinajstić information content (AvgIpc) is 2.26. The molecular formula is C13H20N2O3S. The maximum atomic E-state index is 12.4. The highest BCUT2D eigenvalue weighted by molar-refractivity contribution is 7.92. The first-order valence-electron chi connectivity index (χ1n) is 6.06. The zero-order valence-corrected chi connectivity index (χ0v) is 12.4. The fourth-order valence-corrected chi connectivity index (χ4v) is 3.22. The first-order chi connectivity index (χ1) is 8.66. The molecule has 0 spiro atoms. The van der Waals surface area contributed by atoms with E-state index < -0.39 is 21.0 Å². The van der Waals surface area contributed by atoms with Gasteiger partial charge in [0.15, 0.2) is 9.84 Å². The molecule has 0 saturated heterocycles. The lowest BCUT2D eigenvalue weighted by Gasteiger charge is -2.16.